The molecule has 1 amide bonds. The lowest BCUT2D eigenvalue weighted by atomic mass is 10.1. The van der Waals surface area contributed by atoms with E-state index in [-0.39, 0.29) is 23.7 Å². The fourth-order valence-corrected chi connectivity index (χ4v) is 1.76. The maximum atomic E-state index is 12.4. The zero-order chi connectivity index (χ0) is 16.0. The zero-order valence-electron chi connectivity index (χ0n) is 12.7. The molecule has 2 N–H and O–H groups in total. The van der Waals surface area contributed by atoms with Crippen molar-refractivity contribution in [3.05, 3.63) is 29.8 Å². The summed E-state index contributed by atoms with van der Waals surface area (Å²) in [5.41, 5.74) is 0.346. The fraction of sp³-hybridized carbons (Fsp3) is 0.533. The van der Waals surface area contributed by atoms with Crippen molar-refractivity contribution in [2.45, 2.75) is 45.9 Å². The molecule has 1 rings (SSSR count). The molecule has 1 atom stereocenters. The maximum Gasteiger partial charge on any atom is 0.387 e. The molecule has 0 aliphatic rings. The zero-order valence-corrected chi connectivity index (χ0v) is 12.7. The van der Waals surface area contributed by atoms with Gasteiger partial charge in [-0.2, -0.15) is 8.78 Å². The molecule has 0 saturated heterocycles. The van der Waals surface area contributed by atoms with E-state index in [9.17, 15) is 13.6 Å². The van der Waals surface area contributed by atoms with Gasteiger partial charge in [-0.3, -0.25) is 4.79 Å². The van der Waals surface area contributed by atoms with Gasteiger partial charge in [-0.15, -0.1) is 0 Å². The third-order valence-corrected chi connectivity index (χ3v) is 2.76. The van der Waals surface area contributed by atoms with Crippen LogP contribution in [0.3, 0.4) is 0 Å². The number of hydrogen-bond acceptors (Lipinski definition) is 3. The molecule has 1 unspecified atom stereocenters. The Morgan fingerprint density at radius 3 is 2.48 bits per heavy atom. The highest BCUT2D eigenvalue weighted by Gasteiger charge is 2.17. The summed E-state index contributed by atoms with van der Waals surface area (Å²) >= 11 is 0. The van der Waals surface area contributed by atoms with Crippen LogP contribution in [0.15, 0.2) is 24.3 Å². The van der Waals surface area contributed by atoms with E-state index in [2.05, 4.69) is 15.4 Å². The average molecular weight is 300 g/mol. The third kappa shape index (κ3) is 6.53. The van der Waals surface area contributed by atoms with E-state index >= 15 is 0 Å². The van der Waals surface area contributed by atoms with Crippen LogP contribution in [0.5, 0.6) is 5.75 Å². The van der Waals surface area contributed by atoms with Gasteiger partial charge in [0.05, 0.1) is 12.6 Å². The van der Waals surface area contributed by atoms with Crippen LogP contribution >= 0.6 is 0 Å². The van der Waals surface area contributed by atoms with Crippen molar-refractivity contribution < 1.29 is 18.3 Å². The SMILES string of the molecule is CC(NC(=O)CNC(C)(C)C)c1ccccc1OC(F)F. The number of nitrogens with one attached hydrogen (secondary N) is 2. The van der Waals surface area contributed by atoms with Crippen LogP contribution in [-0.2, 0) is 4.79 Å². The lowest BCUT2D eigenvalue weighted by Crippen LogP contribution is -2.43. The van der Waals surface area contributed by atoms with Crippen molar-refractivity contribution in [3.63, 3.8) is 0 Å². The highest BCUT2D eigenvalue weighted by Crippen LogP contribution is 2.26. The number of para-hydroxylation sites is 1. The molecule has 6 heteroatoms. The quantitative estimate of drug-likeness (QED) is 0.849. The Labute approximate surface area is 123 Å². The van der Waals surface area contributed by atoms with Crippen molar-refractivity contribution in [3.8, 4) is 5.75 Å². The molecule has 0 spiro atoms. The summed E-state index contributed by atoms with van der Waals surface area (Å²) in [6.45, 7) is 4.85. The third-order valence-electron chi connectivity index (χ3n) is 2.76. The van der Waals surface area contributed by atoms with Crippen molar-refractivity contribution >= 4 is 5.91 Å². The second-order valence-corrected chi connectivity index (χ2v) is 5.81. The van der Waals surface area contributed by atoms with Gasteiger partial charge in [-0.25, -0.2) is 0 Å². The van der Waals surface area contributed by atoms with Crippen LogP contribution in [0, 0.1) is 0 Å². The first-order chi connectivity index (χ1) is 9.69. The molecule has 0 saturated carbocycles. The molecule has 1 aromatic rings. The molecule has 0 aromatic heterocycles. The van der Waals surface area contributed by atoms with E-state index in [0.717, 1.165) is 0 Å². The largest absolute Gasteiger partial charge is 0.434 e. The van der Waals surface area contributed by atoms with Gasteiger partial charge in [0.1, 0.15) is 5.75 Å². The Hall–Kier alpha value is -1.69. The summed E-state index contributed by atoms with van der Waals surface area (Å²) < 4.78 is 29.2. The molecule has 118 valence electrons. The number of rotatable bonds is 6. The molecule has 0 radical (unpaired) electrons. The van der Waals surface area contributed by atoms with Crippen LogP contribution < -0.4 is 15.4 Å². The van der Waals surface area contributed by atoms with E-state index in [0.29, 0.717) is 5.56 Å². The number of amides is 1. The molecule has 0 aliphatic heterocycles. The Morgan fingerprint density at radius 1 is 1.29 bits per heavy atom. The van der Waals surface area contributed by atoms with Gasteiger partial charge in [0.2, 0.25) is 5.91 Å². The molecule has 21 heavy (non-hydrogen) atoms. The minimum absolute atomic E-state index is 0.0732. The number of alkyl halides is 2. The fourth-order valence-electron chi connectivity index (χ4n) is 1.76. The second kappa shape index (κ2) is 7.36. The molecule has 0 heterocycles. The second-order valence-electron chi connectivity index (χ2n) is 5.81. The van der Waals surface area contributed by atoms with E-state index < -0.39 is 12.7 Å². The first kappa shape index (κ1) is 17.4. The van der Waals surface area contributed by atoms with Gasteiger partial charge in [0, 0.05) is 11.1 Å². The summed E-state index contributed by atoms with van der Waals surface area (Å²) in [5, 5.41) is 5.82. The highest BCUT2D eigenvalue weighted by molar-refractivity contribution is 5.78. The first-order valence-electron chi connectivity index (χ1n) is 6.77. The predicted octanol–water partition coefficient (Wildman–Crippen LogP) is 2.85. The van der Waals surface area contributed by atoms with Crippen LogP contribution in [0.1, 0.15) is 39.3 Å². The Balaban J connectivity index is 2.67. The molecule has 0 aliphatic carbocycles. The number of carbonyl (C=O) groups is 1. The summed E-state index contributed by atoms with van der Waals surface area (Å²) in [7, 11) is 0. The maximum absolute atomic E-state index is 12.4. The topological polar surface area (TPSA) is 50.4 Å². The number of hydrogen-bond donors (Lipinski definition) is 2. The lowest BCUT2D eigenvalue weighted by Gasteiger charge is -2.22. The van der Waals surface area contributed by atoms with E-state index in [1.807, 2.05) is 20.8 Å². The number of carbonyl (C=O) groups excluding carboxylic acids is 1. The van der Waals surface area contributed by atoms with Crippen LogP contribution in [0.2, 0.25) is 0 Å². The number of halogens is 2. The molecule has 4 nitrogen and oxygen atoms in total. The summed E-state index contributed by atoms with van der Waals surface area (Å²) in [6.07, 6.45) is 0. The minimum Gasteiger partial charge on any atom is -0.434 e. The normalized spacial score (nSPS) is 13.1. The Bertz CT molecular complexity index is 473. The van der Waals surface area contributed by atoms with Gasteiger partial charge < -0.3 is 15.4 Å². The summed E-state index contributed by atoms with van der Waals surface area (Å²) in [4.78, 5) is 11.8. The van der Waals surface area contributed by atoms with E-state index in [1.54, 1.807) is 25.1 Å². The highest BCUT2D eigenvalue weighted by atomic mass is 19.3. The van der Waals surface area contributed by atoms with Crippen LogP contribution in [0.25, 0.3) is 0 Å². The molecular formula is C15H22F2N2O2. The van der Waals surface area contributed by atoms with Gasteiger partial charge in [0.15, 0.2) is 0 Å². The van der Waals surface area contributed by atoms with Crippen molar-refractivity contribution in [2.75, 3.05) is 6.54 Å². The van der Waals surface area contributed by atoms with Crippen LogP contribution in [-0.4, -0.2) is 24.6 Å². The van der Waals surface area contributed by atoms with Crippen molar-refractivity contribution in [1.29, 1.82) is 0 Å². The van der Waals surface area contributed by atoms with Crippen molar-refractivity contribution in [2.24, 2.45) is 0 Å². The van der Waals surface area contributed by atoms with E-state index in [1.165, 1.54) is 6.07 Å². The Kier molecular flexibility index (Phi) is 6.08. The summed E-state index contributed by atoms with van der Waals surface area (Å²) in [5.74, 6) is -0.131. The monoisotopic (exact) mass is 300 g/mol. The predicted molar refractivity (Wildman–Crippen MR) is 77.4 cm³/mol. The summed E-state index contributed by atoms with van der Waals surface area (Å²) in [6, 6.07) is 6.01. The molecule has 0 fully saturated rings. The minimum atomic E-state index is -2.89. The van der Waals surface area contributed by atoms with Gasteiger partial charge in [-0.05, 0) is 33.8 Å². The van der Waals surface area contributed by atoms with E-state index in [4.69, 9.17) is 0 Å². The molecule has 1 aromatic carbocycles. The van der Waals surface area contributed by atoms with Crippen molar-refractivity contribution in [1.82, 2.24) is 10.6 Å². The van der Waals surface area contributed by atoms with Gasteiger partial charge in [-0.1, -0.05) is 18.2 Å². The molecular weight excluding hydrogens is 278 g/mol. The molecule has 0 bridgehead atoms. The van der Waals surface area contributed by atoms with Crippen LogP contribution in [0.4, 0.5) is 8.78 Å². The smallest absolute Gasteiger partial charge is 0.387 e. The number of benzene rings is 1. The van der Waals surface area contributed by atoms with Gasteiger partial charge >= 0.3 is 6.61 Å². The number of ether oxygens (including phenoxy) is 1. The standard InChI is InChI=1S/C15H22F2N2O2/c1-10(19-13(20)9-18-15(2,3)4)11-7-5-6-8-12(11)21-14(16)17/h5-8,10,14,18H,9H2,1-4H3,(H,19,20). The lowest BCUT2D eigenvalue weighted by molar-refractivity contribution is -0.121. The first-order valence-corrected chi connectivity index (χ1v) is 6.77. The van der Waals surface area contributed by atoms with Gasteiger partial charge in [0.25, 0.3) is 0 Å². The Morgan fingerprint density at radius 2 is 1.90 bits per heavy atom. The average Bonchev–Trinajstić information content (AvgIpc) is 2.35.